The first kappa shape index (κ1) is 14.3. The maximum atomic E-state index is 5.87. The zero-order valence-corrected chi connectivity index (χ0v) is 13.4. The molecular formula is C18H17BrN2. The molecule has 1 unspecified atom stereocenters. The number of rotatable bonds is 3. The topological polar surface area (TPSA) is 38.0 Å². The van der Waals surface area contributed by atoms with Crippen LogP contribution in [0.4, 0.5) is 0 Å². The molecule has 3 aromatic rings. The Morgan fingerprint density at radius 3 is 2.48 bits per heavy atom. The highest BCUT2D eigenvalue weighted by atomic mass is 79.9. The Morgan fingerprint density at radius 1 is 0.952 bits per heavy atom. The highest BCUT2D eigenvalue weighted by molar-refractivity contribution is 9.10. The summed E-state index contributed by atoms with van der Waals surface area (Å²) in [6.07, 6.45) is 0. The summed E-state index contributed by atoms with van der Waals surface area (Å²) < 4.78 is 1.08. The summed E-state index contributed by atoms with van der Waals surface area (Å²) in [6.45, 7) is 2.11. The average molecular weight is 341 g/mol. The van der Waals surface area contributed by atoms with Crippen LogP contribution in [0.1, 0.15) is 22.7 Å². The highest BCUT2D eigenvalue weighted by Crippen LogP contribution is 2.31. The molecule has 0 amide bonds. The van der Waals surface area contributed by atoms with Crippen LogP contribution in [-0.4, -0.2) is 0 Å². The number of hydrogen-bond donors (Lipinski definition) is 2. The maximum absolute atomic E-state index is 5.87. The van der Waals surface area contributed by atoms with Gasteiger partial charge in [-0.15, -0.1) is 0 Å². The molecule has 0 aromatic heterocycles. The van der Waals surface area contributed by atoms with E-state index in [0.717, 1.165) is 4.47 Å². The molecule has 3 N–H and O–H groups in total. The maximum Gasteiger partial charge on any atom is 0.0718 e. The van der Waals surface area contributed by atoms with Gasteiger partial charge < -0.3 is 0 Å². The average Bonchev–Trinajstić information content (AvgIpc) is 2.50. The van der Waals surface area contributed by atoms with E-state index in [1.807, 2.05) is 0 Å². The molecule has 0 aliphatic rings. The summed E-state index contributed by atoms with van der Waals surface area (Å²) in [7, 11) is 0. The van der Waals surface area contributed by atoms with Gasteiger partial charge in [0.25, 0.3) is 0 Å². The van der Waals surface area contributed by atoms with E-state index in [4.69, 9.17) is 5.84 Å². The summed E-state index contributed by atoms with van der Waals surface area (Å²) in [6, 6.07) is 21.0. The van der Waals surface area contributed by atoms with Crippen molar-refractivity contribution in [3.8, 4) is 0 Å². The first-order chi connectivity index (χ1) is 10.2. The van der Waals surface area contributed by atoms with Gasteiger partial charge in [0.2, 0.25) is 0 Å². The van der Waals surface area contributed by atoms with Crippen LogP contribution in [0.2, 0.25) is 0 Å². The molecule has 3 heteroatoms. The summed E-state index contributed by atoms with van der Waals surface area (Å²) in [4.78, 5) is 0. The molecule has 0 saturated heterocycles. The van der Waals surface area contributed by atoms with E-state index in [9.17, 15) is 0 Å². The third-order valence-electron chi connectivity index (χ3n) is 3.84. The number of hydrazine groups is 1. The van der Waals surface area contributed by atoms with Gasteiger partial charge in [0.05, 0.1) is 6.04 Å². The van der Waals surface area contributed by atoms with Crippen molar-refractivity contribution in [2.24, 2.45) is 5.84 Å². The number of aryl methyl sites for hydroxylation is 1. The van der Waals surface area contributed by atoms with E-state index in [1.165, 1.54) is 27.5 Å². The predicted molar refractivity (Wildman–Crippen MR) is 92.0 cm³/mol. The SMILES string of the molecule is Cc1cc(Br)ccc1C(NN)c1cccc2ccccc12. The van der Waals surface area contributed by atoms with Crippen molar-refractivity contribution in [3.05, 3.63) is 81.8 Å². The summed E-state index contributed by atoms with van der Waals surface area (Å²) >= 11 is 3.51. The molecule has 21 heavy (non-hydrogen) atoms. The van der Waals surface area contributed by atoms with Crippen LogP contribution < -0.4 is 11.3 Å². The second kappa shape index (κ2) is 5.98. The molecule has 0 saturated carbocycles. The van der Waals surface area contributed by atoms with Crippen molar-refractivity contribution >= 4 is 26.7 Å². The smallest absolute Gasteiger partial charge is 0.0718 e. The molecular weight excluding hydrogens is 324 g/mol. The Morgan fingerprint density at radius 2 is 1.71 bits per heavy atom. The fourth-order valence-corrected chi connectivity index (χ4v) is 3.29. The lowest BCUT2D eigenvalue weighted by molar-refractivity contribution is 0.637. The number of nitrogens with two attached hydrogens (primary N) is 1. The number of hydrogen-bond acceptors (Lipinski definition) is 2. The van der Waals surface area contributed by atoms with Gasteiger partial charge in [0.1, 0.15) is 0 Å². The van der Waals surface area contributed by atoms with Gasteiger partial charge in [-0.3, -0.25) is 5.84 Å². The van der Waals surface area contributed by atoms with Crippen molar-refractivity contribution in [1.29, 1.82) is 0 Å². The normalized spacial score (nSPS) is 12.5. The van der Waals surface area contributed by atoms with E-state index in [-0.39, 0.29) is 6.04 Å². The third kappa shape index (κ3) is 2.72. The zero-order chi connectivity index (χ0) is 14.8. The molecule has 1 atom stereocenters. The molecule has 3 rings (SSSR count). The van der Waals surface area contributed by atoms with Gasteiger partial charge in [-0.05, 0) is 46.5 Å². The third-order valence-corrected chi connectivity index (χ3v) is 4.34. The largest absolute Gasteiger partial charge is 0.271 e. The molecule has 3 aromatic carbocycles. The minimum Gasteiger partial charge on any atom is -0.271 e. The van der Waals surface area contributed by atoms with Crippen LogP contribution in [0.15, 0.2) is 65.1 Å². The molecule has 2 nitrogen and oxygen atoms in total. The molecule has 0 spiro atoms. The summed E-state index contributed by atoms with van der Waals surface area (Å²) in [5, 5.41) is 2.45. The van der Waals surface area contributed by atoms with E-state index >= 15 is 0 Å². The lowest BCUT2D eigenvalue weighted by Crippen LogP contribution is -2.29. The lowest BCUT2D eigenvalue weighted by atomic mass is 9.92. The van der Waals surface area contributed by atoms with E-state index in [1.54, 1.807) is 0 Å². The standard InChI is InChI=1S/C18H17BrN2/c1-12-11-14(19)9-10-15(12)18(21-20)17-8-4-6-13-5-2-3-7-16(13)17/h2-11,18,21H,20H2,1H3. The highest BCUT2D eigenvalue weighted by Gasteiger charge is 2.16. The number of halogens is 1. The quantitative estimate of drug-likeness (QED) is 0.545. The van der Waals surface area contributed by atoms with Crippen LogP contribution in [0.5, 0.6) is 0 Å². The summed E-state index contributed by atoms with van der Waals surface area (Å²) in [5.74, 6) is 5.87. The number of nitrogens with one attached hydrogen (secondary N) is 1. The van der Waals surface area contributed by atoms with Crippen molar-refractivity contribution in [2.75, 3.05) is 0 Å². The molecule has 0 bridgehead atoms. The first-order valence-electron chi connectivity index (χ1n) is 6.90. The van der Waals surface area contributed by atoms with Gasteiger partial charge in [-0.1, -0.05) is 64.5 Å². The van der Waals surface area contributed by atoms with Crippen LogP contribution in [-0.2, 0) is 0 Å². The Labute approximate surface area is 133 Å². The Bertz CT molecular complexity index is 778. The molecule has 0 radical (unpaired) electrons. The Kier molecular flexibility index (Phi) is 4.06. The molecule has 106 valence electrons. The van der Waals surface area contributed by atoms with Gasteiger partial charge >= 0.3 is 0 Å². The van der Waals surface area contributed by atoms with Crippen LogP contribution >= 0.6 is 15.9 Å². The van der Waals surface area contributed by atoms with Gasteiger partial charge in [-0.25, -0.2) is 5.43 Å². The van der Waals surface area contributed by atoms with Gasteiger partial charge in [0, 0.05) is 4.47 Å². The lowest BCUT2D eigenvalue weighted by Gasteiger charge is -2.21. The van der Waals surface area contributed by atoms with Crippen LogP contribution in [0, 0.1) is 6.92 Å². The minimum absolute atomic E-state index is 0.0239. The monoisotopic (exact) mass is 340 g/mol. The second-order valence-electron chi connectivity index (χ2n) is 5.17. The van der Waals surface area contributed by atoms with E-state index in [0.29, 0.717) is 0 Å². The van der Waals surface area contributed by atoms with Gasteiger partial charge in [0.15, 0.2) is 0 Å². The first-order valence-corrected chi connectivity index (χ1v) is 7.70. The fourth-order valence-electron chi connectivity index (χ4n) is 2.81. The van der Waals surface area contributed by atoms with E-state index in [2.05, 4.69) is 88.9 Å². The number of benzene rings is 3. The van der Waals surface area contributed by atoms with Gasteiger partial charge in [-0.2, -0.15) is 0 Å². The van der Waals surface area contributed by atoms with E-state index < -0.39 is 0 Å². The molecule has 0 aliphatic carbocycles. The molecule has 0 aliphatic heterocycles. The second-order valence-corrected chi connectivity index (χ2v) is 6.08. The minimum atomic E-state index is -0.0239. The van der Waals surface area contributed by atoms with Crippen molar-refractivity contribution in [1.82, 2.24) is 5.43 Å². The number of fused-ring (bicyclic) bond motifs is 1. The predicted octanol–water partition coefficient (Wildman–Crippen LogP) is 4.46. The van der Waals surface area contributed by atoms with Crippen LogP contribution in [0.25, 0.3) is 10.8 Å². The Hall–Kier alpha value is -1.68. The van der Waals surface area contributed by atoms with Crippen LogP contribution in [0.3, 0.4) is 0 Å². The van der Waals surface area contributed by atoms with Crippen molar-refractivity contribution in [3.63, 3.8) is 0 Å². The van der Waals surface area contributed by atoms with Crippen molar-refractivity contribution < 1.29 is 0 Å². The Balaban J connectivity index is 2.18. The molecule has 0 fully saturated rings. The summed E-state index contributed by atoms with van der Waals surface area (Å²) in [5.41, 5.74) is 6.57. The molecule has 0 heterocycles. The van der Waals surface area contributed by atoms with Crippen molar-refractivity contribution in [2.45, 2.75) is 13.0 Å². The fraction of sp³-hybridized carbons (Fsp3) is 0.111. The zero-order valence-electron chi connectivity index (χ0n) is 11.8.